The van der Waals surface area contributed by atoms with Crippen LogP contribution in [0, 0.1) is 17.8 Å². The van der Waals surface area contributed by atoms with Crippen LogP contribution in [0.1, 0.15) is 31.7 Å². The second-order valence-electron chi connectivity index (χ2n) is 7.92. The smallest absolute Gasteiger partial charge is 0.230 e. The van der Waals surface area contributed by atoms with Crippen LogP contribution in [0.4, 0.5) is 0 Å². The Balaban J connectivity index is 1.53. The summed E-state index contributed by atoms with van der Waals surface area (Å²) in [7, 11) is 1.79. The van der Waals surface area contributed by atoms with Crippen molar-refractivity contribution in [1.29, 1.82) is 0 Å². The first-order valence-corrected chi connectivity index (χ1v) is 10.7. The predicted octanol–water partition coefficient (Wildman–Crippen LogP) is 2.32. The number of fused-ring (bicyclic) bond motifs is 1. The number of aromatic nitrogens is 1. The number of amides is 2. The highest BCUT2D eigenvalue weighted by Gasteiger charge is 2.67. The van der Waals surface area contributed by atoms with Crippen LogP contribution >= 0.6 is 11.3 Å². The van der Waals surface area contributed by atoms with Crippen molar-refractivity contribution in [2.75, 3.05) is 20.1 Å². The third kappa shape index (κ3) is 3.01. The van der Waals surface area contributed by atoms with Crippen molar-refractivity contribution in [3.63, 3.8) is 0 Å². The molecule has 6 nitrogen and oxygen atoms in total. The molecule has 2 saturated heterocycles. The number of rotatable bonds is 7. The Morgan fingerprint density at radius 2 is 2.26 bits per heavy atom. The molecule has 2 bridgehead atoms. The summed E-state index contributed by atoms with van der Waals surface area (Å²) in [5, 5.41) is 2.80. The number of likely N-dealkylation sites (tertiary alicyclic amines) is 1. The number of carbonyl (C=O) groups excluding carboxylic acids is 2. The van der Waals surface area contributed by atoms with Crippen LogP contribution in [0.25, 0.3) is 0 Å². The van der Waals surface area contributed by atoms with E-state index in [1.807, 2.05) is 22.4 Å². The van der Waals surface area contributed by atoms with Crippen molar-refractivity contribution in [1.82, 2.24) is 14.8 Å². The molecule has 4 heterocycles. The third-order valence-electron chi connectivity index (χ3n) is 6.33. The van der Waals surface area contributed by atoms with Gasteiger partial charge in [-0.05, 0) is 5.92 Å². The Kier molecular flexibility index (Phi) is 4.84. The van der Waals surface area contributed by atoms with Gasteiger partial charge in [-0.1, -0.05) is 38.8 Å². The van der Waals surface area contributed by atoms with E-state index in [1.54, 1.807) is 18.1 Å². The maximum absolute atomic E-state index is 13.2. The second kappa shape index (κ2) is 7.02. The van der Waals surface area contributed by atoms with Gasteiger partial charge in [0.1, 0.15) is 10.6 Å². The summed E-state index contributed by atoms with van der Waals surface area (Å²) < 4.78 is 6.22. The van der Waals surface area contributed by atoms with E-state index in [-0.39, 0.29) is 17.9 Å². The Labute approximate surface area is 164 Å². The van der Waals surface area contributed by atoms with Crippen molar-refractivity contribution in [2.24, 2.45) is 17.8 Å². The molecule has 4 atom stereocenters. The lowest BCUT2D eigenvalue weighted by molar-refractivity contribution is -0.142. The maximum atomic E-state index is 13.2. The van der Waals surface area contributed by atoms with Gasteiger partial charge < -0.3 is 14.5 Å². The van der Waals surface area contributed by atoms with Crippen LogP contribution in [0.5, 0.6) is 0 Å². The second-order valence-corrected chi connectivity index (χ2v) is 8.90. The fourth-order valence-corrected chi connectivity index (χ4v) is 5.41. The molecular weight excluding hydrogens is 362 g/mol. The Morgan fingerprint density at radius 1 is 1.48 bits per heavy atom. The van der Waals surface area contributed by atoms with Crippen molar-refractivity contribution in [3.8, 4) is 0 Å². The Morgan fingerprint density at radius 3 is 2.93 bits per heavy atom. The number of hydrogen-bond donors (Lipinski definition) is 0. The first-order valence-electron chi connectivity index (χ1n) is 9.78. The zero-order valence-electron chi connectivity index (χ0n) is 16.1. The normalized spacial score (nSPS) is 31.2. The van der Waals surface area contributed by atoms with Crippen molar-refractivity contribution in [3.05, 3.63) is 28.7 Å². The Bertz CT molecular complexity index is 746. The summed E-state index contributed by atoms with van der Waals surface area (Å²) in [5.41, 5.74) is -0.615. The van der Waals surface area contributed by atoms with Gasteiger partial charge in [0.05, 0.1) is 31.0 Å². The van der Waals surface area contributed by atoms with E-state index in [1.165, 1.54) is 11.3 Å². The minimum absolute atomic E-state index is 0.0239. The van der Waals surface area contributed by atoms with E-state index in [0.29, 0.717) is 19.0 Å². The Hall–Kier alpha value is -1.73. The monoisotopic (exact) mass is 389 g/mol. The summed E-state index contributed by atoms with van der Waals surface area (Å²) in [5.74, 6) is -0.279. The van der Waals surface area contributed by atoms with Gasteiger partial charge in [-0.2, -0.15) is 0 Å². The van der Waals surface area contributed by atoms with Crippen molar-refractivity contribution >= 4 is 23.2 Å². The van der Waals surface area contributed by atoms with Crippen LogP contribution < -0.4 is 0 Å². The van der Waals surface area contributed by atoms with Gasteiger partial charge in [0, 0.05) is 25.2 Å². The van der Waals surface area contributed by atoms with E-state index in [4.69, 9.17) is 4.74 Å². The number of thiazole rings is 1. The molecule has 1 spiro atoms. The highest BCUT2D eigenvalue weighted by Crippen LogP contribution is 2.52. The van der Waals surface area contributed by atoms with Crippen LogP contribution in [-0.4, -0.2) is 58.4 Å². The molecule has 27 heavy (non-hydrogen) atoms. The fourth-order valence-electron chi connectivity index (χ4n) is 4.74. The molecule has 0 saturated carbocycles. The highest BCUT2D eigenvalue weighted by molar-refractivity contribution is 7.09. The summed E-state index contributed by atoms with van der Waals surface area (Å²) in [6, 6.07) is 0. The molecule has 3 aliphatic heterocycles. The lowest BCUT2D eigenvalue weighted by atomic mass is 9.76. The zero-order chi connectivity index (χ0) is 19.2. The molecule has 7 heteroatoms. The molecule has 3 aliphatic rings. The SMILES string of the molecule is CCC(CC)CN1C[C@]23C=C[C@H](O2)[C@@H](C(=O)N(C)Cc2nccs2)[C@@H]3C1=O. The van der Waals surface area contributed by atoms with E-state index >= 15 is 0 Å². The minimum atomic E-state index is -0.615. The van der Waals surface area contributed by atoms with Gasteiger partial charge in [0.2, 0.25) is 11.8 Å². The maximum Gasteiger partial charge on any atom is 0.230 e. The topological polar surface area (TPSA) is 62.7 Å². The molecule has 2 amide bonds. The molecule has 1 aromatic heterocycles. The first kappa shape index (κ1) is 18.6. The molecule has 0 unspecified atom stereocenters. The molecular formula is C20H27N3O3S. The van der Waals surface area contributed by atoms with Gasteiger partial charge in [0.15, 0.2) is 0 Å². The molecule has 1 aromatic rings. The fraction of sp³-hybridized carbons (Fsp3) is 0.650. The number of hydrogen-bond acceptors (Lipinski definition) is 5. The van der Waals surface area contributed by atoms with Gasteiger partial charge >= 0.3 is 0 Å². The molecule has 4 rings (SSSR count). The van der Waals surface area contributed by atoms with Crippen LogP contribution in [-0.2, 0) is 20.9 Å². The lowest BCUT2D eigenvalue weighted by Gasteiger charge is -2.27. The summed E-state index contributed by atoms with van der Waals surface area (Å²) in [6.45, 7) is 6.11. The first-order chi connectivity index (χ1) is 13.0. The van der Waals surface area contributed by atoms with Crippen LogP contribution in [0.2, 0.25) is 0 Å². The third-order valence-corrected chi connectivity index (χ3v) is 7.09. The summed E-state index contributed by atoms with van der Waals surface area (Å²) >= 11 is 1.53. The van der Waals surface area contributed by atoms with Crippen LogP contribution in [0.3, 0.4) is 0 Å². The zero-order valence-corrected chi connectivity index (χ0v) is 16.9. The number of nitrogens with zero attached hydrogens (tertiary/aromatic N) is 3. The largest absolute Gasteiger partial charge is 0.360 e. The average Bonchev–Trinajstić information content (AvgIpc) is 3.42. The average molecular weight is 390 g/mol. The van der Waals surface area contributed by atoms with Crippen molar-refractivity contribution < 1.29 is 14.3 Å². The molecule has 2 fully saturated rings. The standard InChI is InChI=1S/C20H27N3O3S/c1-4-13(5-2)10-23-12-20-7-6-14(26-20)16(17(20)19(23)25)18(24)22(3)11-15-21-8-9-27-15/h6-9,13-14,16-17H,4-5,10-12H2,1-3H3/t14-,16+,17+,20-/m0/s1. The summed E-state index contributed by atoms with van der Waals surface area (Å²) in [4.78, 5) is 34.3. The van der Waals surface area contributed by atoms with Gasteiger partial charge in [-0.15, -0.1) is 11.3 Å². The molecule has 0 radical (unpaired) electrons. The number of carbonyl (C=O) groups is 2. The van der Waals surface area contributed by atoms with E-state index in [9.17, 15) is 9.59 Å². The van der Waals surface area contributed by atoms with E-state index in [2.05, 4.69) is 18.8 Å². The van der Waals surface area contributed by atoms with E-state index in [0.717, 1.165) is 24.4 Å². The molecule has 146 valence electrons. The van der Waals surface area contributed by atoms with Crippen LogP contribution in [0.15, 0.2) is 23.7 Å². The molecule has 0 aromatic carbocycles. The predicted molar refractivity (Wildman–Crippen MR) is 103 cm³/mol. The molecule has 0 aliphatic carbocycles. The minimum Gasteiger partial charge on any atom is -0.360 e. The van der Waals surface area contributed by atoms with Gasteiger partial charge in [-0.25, -0.2) is 4.98 Å². The quantitative estimate of drug-likeness (QED) is 0.672. The van der Waals surface area contributed by atoms with Crippen molar-refractivity contribution in [2.45, 2.75) is 44.9 Å². The highest BCUT2D eigenvalue weighted by atomic mass is 32.1. The molecule has 0 N–H and O–H groups in total. The summed E-state index contributed by atoms with van der Waals surface area (Å²) in [6.07, 6.45) is 7.56. The van der Waals surface area contributed by atoms with E-state index < -0.39 is 17.4 Å². The van der Waals surface area contributed by atoms with Gasteiger partial charge in [-0.3, -0.25) is 9.59 Å². The number of ether oxygens (including phenoxy) is 1. The van der Waals surface area contributed by atoms with Gasteiger partial charge in [0.25, 0.3) is 0 Å². The lowest BCUT2D eigenvalue weighted by Crippen LogP contribution is -2.44.